The third kappa shape index (κ3) is 4.81. The van der Waals surface area contributed by atoms with Crippen LogP contribution in [-0.2, 0) is 9.84 Å². The lowest BCUT2D eigenvalue weighted by molar-refractivity contribution is 0.106. The van der Waals surface area contributed by atoms with E-state index in [4.69, 9.17) is 27.9 Å². The van der Waals surface area contributed by atoms with Crippen molar-refractivity contribution in [2.45, 2.75) is 4.90 Å². The van der Waals surface area contributed by atoms with Gasteiger partial charge in [0.15, 0.2) is 0 Å². The molecule has 0 radical (unpaired) electrons. The number of rotatable bonds is 6. The first-order valence-electron chi connectivity index (χ1n) is 8.60. The van der Waals surface area contributed by atoms with Gasteiger partial charge < -0.3 is 4.74 Å². The van der Waals surface area contributed by atoms with Gasteiger partial charge in [-0.2, -0.15) is 5.10 Å². The predicted molar refractivity (Wildman–Crippen MR) is 118 cm³/mol. The van der Waals surface area contributed by atoms with Crippen LogP contribution in [0, 0.1) is 0 Å². The molecule has 0 aliphatic carbocycles. The number of benzene rings is 3. The van der Waals surface area contributed by atoms with Crippen LogP contribution in [0.25, 0.3) is 0 Å². The molecule has 3 aromatic carbocycles. The normalized spacial score (nSPS) is 11.8. The minimum absolute atomic E-state index is 0.0652. The molecule has 0 saturated carbocycles. The Labute approximate surface area is 184 Å². The lowest BCUT2D eigenvalue weighted by Crippen LogP contribution is -2.26. The Bertz CT molecular complexity index is 1200. The standard InChI is InChI=1S/C21H16Cl2N2O4S/c1-29-16-10-7-14(8-11-16)20(26)21(30(27,28)17-5-3-2-4-6-17)25-24-19-13-15(22)9-12-18(19)23/h2-13,24H,1H3/b25-21-. The van der Waals surface area contributed by atoms with E-state index in [-0.39, 0.29) is 21.2 Å². The molecular formula is C21H16Cl2N2O4S. The number of hydrogen-bond acceptors (Lipinski definition) is 6. The molecule has 3 rings (SSSR count). The van der Waals surface area contributed by atoms with Gasteiger partial charge in [0, 0.05) is 10.6 Å². The molecule has 0 atom stereocenters. The second-order valence-corrected chi connectivity index (χ2v) is 8.74. The van der Waals surface area contributed by atoms with Crippen molar-refractivity contribution >= 4 is 49.6 Å². The van der Waals surface area contributed by atoms with E-state index in [1.807, 2.05) is 0 Å². The van der Waals surface area contributed by atoms with E-state index in [9.17, 15) is 13.2 Å². The van der Waals surface area contributed by atoms with Crippen molar-refractivity contribution in [2.24, 2.45) is 5.10 Å². The van der Waals surface area contributed by atoms with E-state index in [2.05, 4.69) is 10.5 Å². The highest BCUT2D eigenvalue weighted by molar-refractivity contribution is 8.08. The van der Waals surface area contributed by atoms with Crippen molar-refractivity contribution in [3.8, 4) is 5.75 Å². The predicted octanol–water partition coefficient (Wildman–Crippen LogP) is 5.08. The van der Waals surface area contributed by atoms with Crippen LogP contribution in [-0.4, -0.2) is 26.4 Å². The van der Waals surface area contributed by atoms with Crippen molar-refractivity contribution in [3.63, 3.8) is 0 Å². The first-order chi connectivity index (χ1) is 14.3. The maximum absolute atomic E-state index is 13.2. The van der Waals surface area contributed by atoms with Crippen LogP contribution < -0.4 is 10.2 Å². The summed E-state index contributed by atoms with van der Waals surface area (Å²) in [7, 11) is -2.74. The number of carbonyl (C=O) groups is 1. The molecule has 154 valence electrons. The molecule has 0 bridgehead atoms. The second-order valence-electron chi connectivity index (χ2n) is 6.03. The summed E-state index contributed by atoms with van der Waals surface area (Å²) in [5.74, 6) is -0.257. The fourth-order valence-electron chi connectivity index (χ4n) is 2.50. The van der Waals surface area contributed by atoms with Crippen LogP contribution in [0.3, 0.4) is 0 Å². The number of nitrogens with zero attached hydrogens (tertiary/aromatic N) is 1. The summed E-state index contributed by atoms with van der Waals surface area (Å²) in [5.41, 5.74) is 2.94. The van der Waals surface area contributed by atoms with Gasteiger partial charge in [-0.3, -0.25) is 10.2 Å². The minimum Gasteiger partial charge on any atom is -0.497 e. The van der Waals surface area contributed by atoms with Gasteiger partial charge in [-0.1, -0.05) is 41.4 Å². The van der Waals surface area contributed by atoms with E-state index in [0.717, 1.165) is 0 Å². The first-order valence-corrected chi connectivity index (χ1v) is 10.8. The van der Waals surface area contributed by atoms with E-state index < -0.39 is 20.7 Å². The number of sulfone groups is 1. The highest BCUT2D eigenvalue weighted by Crippen LogP contribution is 2.26. The zero-order chi connectivity index (χ0) is 21.7. The molecule has 3 aromatic rings. The molecule has 0 aliphatic heterocycles. The summed E-state index contributed by atoms with van der Waals surface area (Å²) < 4.78 is 31.4. The summed E-state index contributed by atoms with van der Waals surface area (Å²) in [6.07, 6.45) is 0. The van der Waals surface area contributed by atoms with Crippen molar-refractivity contribution in [2.75, 3.05) is 12.5 Å². The lowest BCUT2D eigenvalue weighted by atomic mass is 10.1. The number of halogens is 2. The molecular weight excluding hydrogens is 447 g/mol. The average molecular weight is 463 g/mol. The highest BCUT2D eigenvalue weighted by Gasteiger charge is 2.30. The Balaban J connectivity index is 2.08. The summed E-state index contributed by atoms with van der Waals surface area (Å²) in [6, 6.07) is 18.2. The summed E-state index contributed by atoms with van der Waals surface area (Å²) in [5, 5.41) is 3.86. The summed E-state index contributed by atoms with van der Waals surface area (Å²) in [4.78, 5) is 13.0. The molecule has 0 fully saturated rings. The first kappa shape index (κ1) is 21.8. The minimum atomic E-state index is -4.23. The van der Waals surface area contributed by atoms with Gasteiger partial charge in [-0.05, 0) is 54.6 Å². The van der Waals surface area contributed by atoms with Crippen LogP contribution in [0.1, 0.15) is 10.4 Å². The van der Waals surface area contributed by atoms with E-state index in [1.165, 1.54) is 43.5 Å². The number of anilines is 1. The van der Waals surface area contributed by atoms with Gasteiger partial charge in [-0.15, -0.1) is 0 Å². The Kier molecular flexibility index (Phi) is 6.77. The quantitative estimate of drug-likeness (QED) is 0.238. The van der Waals surface area contributed by atoms with Crippen molar-refractivity contribution < 1.29 is 17.9 Å². The van der Waals surface area contributed by atoms with Gasteiger partial charge >= 0.3 is 0 Å². The molecule has 0 heterocycles. The van der Waals surface area contributed by atoms with Gasteiger partial charge in [0.05, 0.1) is 22.7 Å². The molecule has 0 unspecified atom stereocenters. The SMILES string of the molecule is COc1ccc(C(=O)/C(=N/Nc2cc(Cl)ccc2Cl)S(=O)(=O)c2ccccc2)cc1. The van der Waals surface area contributed by atoms with Crippen LogP contribution in [0.5, 0.6) is 5.75 Å². The number of ether oxygens (including phenoxy) is 1. The highest BCUT2D eigenvalue weighted by atomic mass is 35.5. The van der Waals surface area contributed by atoms with E-state index in [1.54, 1.807) is 36.4 Å². The molecule has 1 N–H and O–H groups in total. The summed E-state index contributed by atoms with van der Waals surface area (Å²) >= 11 is 12.1. The largest absolute Gasteiger partial charge is 0.497 e. The van der Waals surface area contributed by atoms with Crippen molar-refractivity contribution in [1.82, 2.24) is 0 Å². The maximum atomic E-state index is 13.2. The van der Waals surface area contributed by atoms with Crippen LogP contribution in [0.2, 0.25) is 10.0 Å². The van der Waals surface area contributed by atoms with Crippen LogP contribution in [0.4, 0.5) is 5.69 Å². The molecule has 6 nitrogen and oxygen atoms in total. The molecule has 0 spiro atoms. The molecule has 30 heavy (non-hydrogen) atoms. The molecule has 0 aromatic heterocycles. The monoisotopic (exact) mass is 462 g/mol. The molecule has 0 amide bonds. The zero-order valence-corrected chi connectivity index (χ0v) is 18.0. The molecule has 0 saturated heterocycles. The Morgan fingerprint density at radius 1 is 0.967 bits per heavy atom. The Morgan fingerprint density at radius 3 is 2.27 bits per heavy atom. The maximum Gasteiger partial charge on any atom is 0.229 e. The van der Waals surface area contributed by atoms with Gasteiger partial charge in [-0.25, -0.2) is 8.42 Å². The zero-order valence-electron chi connectivity index (χ0n) is 15.7. The fourth-order valence-corrected chi connectivity index (χ4v) is 4.10. The summed E-state index contributed by atoms with van der Waals surface area (Å²) in [6.45, 7) is 0. The number of ketones is 1. The average Bonchev–Trinajstić information content (AvgIpc) is 2.76. The third-order valence-corrected chi connectivity index (χ3v) is 6.30. The second kappa shape index (κ2) is 9.30. The molecule has 0 aliphatic rings. The van der Waals surface area contributed by atoms with Gasteiger partial charge in [0.2, 0.25) is 20.7 Å². The van der Waals surface area contributed by atoms with Gasteiger partial charge in [0.25, 0.3) is 0 Å². The van der Waals surface area contributed by atoms with Crippen molar-refractivity contribution in [1.29, 1.82) is 0 Å². The number of Topliss-reactive ketones (excluding diaryl/α,β-unsaturated/α-hetero) is 1. The van der Waals surface area contributed by atoms with Crippen LogP contribution >= 0.6 is 23.2 Å². The number of nitrogens with one attached hydrogen (secondary N) is 1. The number of carbonyl (C=O) groups excluding carboxylic acids is 1. The van der Waals surface area contributed by atoms with Crippen LogP contribution in [0.15, 0.2) is 82.8 Å². The van der Waals surface area contributed by atoms with E-state index in [0.29, 0.717) is 10.8 Å². The third-order valence-electron chi connectivity index (χ3n) is 4.06. The molecule has 9 heteroatoms. The van der Waals surface area contributed by atoms with Gasteiger partial charge in [0.1, 0.15) is 5.75 Å². The number of methoxy groups -OCH3 is 1. The topological polar surface area (TPSA) is 84.8 Å². The fraction of sp³-hybridized carbons (Fsp3) is 0.0476. The number of hydrogen-bond donors (Lipinski definition) is 1. The van der Waals surface area contributed by atoms with Crippen molar-refractivity contribution in [3.05, 3.63) is 88.4 Å². The number of hydrazone groups is 1. The lowest BCUT2D eigenvalue weighted by Gasteiger charge is -2.10. The Morgan fingerprint density at radius 2 is 1.63 bits per heavy atom. The smallest absolute Gasteiger partial charge is 0.229 e. The Hall–Kier alpha value is -2.87. The van der Waals surface area contributed by atoms with E-state index >= 15 is 0 Å².